The summed E-state index contributed by atoms with van der Waals surface area (Å²) < 4.78 is 5.48. The average molecular weight is 340 g/mol. The summed E-state index contributed by atoms with van der Waals surface area (Å²) in [5.41, 5.74) is 1.12. The third-order valence-corrected chi connectivity index (χ3v) is 5.36. The molecule has 1 fully saturated rings. The molecular formula is C17H29N3O2S. The van der Waals surface area contributed by atoms with Gasteiger partial charge in [-0.1, -0.05) is 0 Å². The predicted molar refractivity (Wildman–Crippen MR) is 95.2 cm³/mol. The summed E-state index contributed by atoms with van der Waals surface area (Å²) in [6.45, 7) is 11.5. The molecule has 0 unspecified atom stereocenters. The lowest BCUT2D eigenvalue weighted by molar-refractivity contribution is -0.125. The second-order valence-electron chi connectivity index (χ2n) is 6.46. The number of carbonyl (C=O) groups is 1. The lowest BCUT2D eigenvalue weighted by Crippen LogP contribution is -2.41. The Balaban J connectivity index is 1.68. The Bertz CT molecular complexity index is 488. The smallest absolute Gasteiger partial charge is 0.223 e. The van der Waals surface area contributed by atoms with E-state index in [1.54, 1.807) is 11.3 Å². The van der Waals surface area contributed by atoms with E-state index in [1.807, 2.05) is 13.8 Å². The molecule has 2 rings (SSSR count). The van der Waals surface area contributed by atoms with Crippen molar-refractivity contribution in [3.63, 3.8) is 0 Å². The highest BCUT2D eigenvalue weighted by Gasteiger charge is 2.26. The van der Waals surface area contributed by atoms with Gasteiger partial charge in [0.15, 0.2) is 5.13 Å². The molecule has 0 aromatic carbocycles. The normalized spacial score (nSPS) is 16.1. The lowest BCUT2D eigenvalue weighted by atomic mass is 9.96. The molecule has 6 heteroatoms. The Kier molecular flexibility index (Phi) is 6.84. The number of aryl methyl sites for hydroxylation is 2. The Morgan fingerprint density at radius 1 is 1.39 bits per heavy atom. The summed E-state index contributed by atoms with van der Waals surface area (Å²) in [4.78, 5) is 20.4. The van der Waals surface area contributed by atoms with Crippen LogP contribution in [0.5, 0.6) is 0 Å². The van der Waals surface area contributed by atoms with Crippen LogP contribution in [0.2, 0.25) is 0 Å². The van der Waals surface area contributed by atoms with Crippen LogP contribution in [0, 0.1) is 19.8 Å². The molecular weight excluding hydrogens is 310 g/mol. The van der Waals surface area contributed by atoms with Crippen LogP contribution in [0.3, 0.4) is 0 Å². The monoisotopic (exact) mass is 339 g/mol. The maximum atomic E-state index is 12.2. The summed E-state index contributed by atoms with van der Waals surface area (Å²) >= 11 is 1.75. The maximum Gasteiger partial charge on any atom is 0.223 e. The molecule has 0 saturated carbocycles. The number of amides is 1. The largest absolute Gasteiger partial charge is 0.379 e. The van der Waals surface area contributed by atoms with E-state index in [4.69, 9.17) is 4.74 Å². The number of carbonyl (C=O) groups excluding carboxylic acids is 1. The maximum absolute atomic E-state index is 12.2. The topological polar surface area (TPSA) is 54.5 Å². The second-order valence-corrected chi connectivity index (χ2v) is 7.65. The van der Waals surface area contributed by atoms with Crippen molar-refractivity contribution in [2.45, 2.75) is 53.1 Å². The number of ether oxygens (including phenoxy) is 1. The van der Waals surface area contributed by atoms with Gasteiger partial charge in [0.25, 0.3) is 0 Å². The Hall–Kier alpha value is -1.14. The summed E-state index contributed by atoms with van der Waals surface area (Å²) in [5, 5.41) is 4.15. The van der Waals surface area contributed by atoms with E-state index in [2.05, 4.69) is 29.0 Å². The molecule has 130 valence electrons. The fourth-order valence-electron chi connectivity index (χ4n) is 2.67. The predicted octanol–water partition coefficient (Wildman–Crippen LogP) is 2.91. The highest BCUT2D eigenvalue weighted by atomic mass is 32.1. The van der Waals surface area contributed by atoms with Gasteiger partial charge in [-0.3, -0.25) is 4.79 Å². The van der Waals surface area contributed by atoms with Crippen molar-refractivity contribution in [3.05, 3.63) is 10.6 Å². The van der Waals surface area contributed by atoms with E-state index in [0.29, 0.717) is 13.2 Å². The molecule has 0 aliphatic carbocycles. The fourth-order valence-corrected chi connectivity index (χ4v) is 3.63. The van der Waals surface area contributed by atoms with Gasteiger partial charge in [0.2, 0.25) is 5.91 Å². The number of thiazole rings is 1. The average Bonchev–Trinajstić information content (AvgIpc) is 2.86. The molecule has 1 aliphatic heterocycles. The van der Waals surface area contributed by atoms with Crippen molar-refractivity contribution >= 4 is 22.4 Å². The van der Waals surface area contributed by atoms with Gasteiger partial charge >= 0.3 is 0 Å². The van der Waals surface area contributed by atoms with Gasteiger partial charge in [-0.2, -0.15) is 0 Å². The van der Waals surface area contributed by atoms with Gasteiger partial charge in [-0.25, -0.2) is 4.98 Å². The molecule has 5 nitrogen and oxygen atoms in total. The minimum absolute atomic E-state index is 0.138. The number of aromatic nitrogens is 1. The number of nitrogens with zero attached hydrogens (tertiary/aromatic N) is 2. The van der Waals surface area contributed by atoms with Crippen LogP contribution in [0.1, 0.15) is 43.7 Å². The van der Waals surface area contributed by atoms with Crippen LogP contribution >= 0.6 is 11.3 Å². The van der Waals surface area contributed by atoms with Crippen LogP contribution in [0.25, 0.3) is 0 Å². The van der Waals surface area contributed by atoms with E-state index < -0.39 is 0 Å². The van der Waals surface area contributed by atoms with Crippen molar-refractivity contribution < 1.29 is 9.53 Å². The van der Waals surface area contributed by atoms with E-state index in [9.17, 15) is 4.79 Å². The van der Waals surface area contributed by atoms with Crippen LogP contribution in [0.4, 0.5) is 5.13 Å². The van der Waals surface area contributed by atoms with Gasteiger partial charge in [0.1, 0.15) is 0 Å². The first-order valence-electron chi connectivity index (χ1n) is 8.55. The first-order chi connectivity index (χ1) is 11.0. The molecule has 1 N–H and O–H groups in total. The first kappa shape index (κ1) is 18.2. The molecule has 0 spiro atoms. The highest BCUT2D eigenvalue weighted by Crippen LogP contribution is 2.29. The zero-order chi connectivity index (χ0) is 16.8. The van der Waals surface area contributed by atoms with Crippen molar-refractivity contribution in [2.75, 3.05) is 31.1 Å². The Morgan fingerprint density at radius 2 is 2.09 bits per heavy atom. The number of nitrogens with one attached hydrogen (secondary N) is 1. The SMILES string of the molecule is Cc1nc(N2CCC(C(=O)NCCCOC(C)C)CC2)sc1C. The van der Waals surface area contributed by atoms with Gasteiger partial charge in [-0.15, -0.1) is 11.3 Å². The zero-order valence-electron chi connectivity index (χ0n) is 14.7. The molecule has 0 bridgehead atoms. The third-order valence-electron chi connectivity index (χ3n) is 4.23. The summed E-state index contributed by atoms with van der Waals surface area (Å²) in [6.07, 6.45) is 2.95. The summed E-state index contributed by atoms with van der Waals surface area (Å²) in [7, 11) is 0. The fraction of sp³-hybridized carbons (Fsp3) is 0.765. The highest BCUT2D eigenvalue weighted by molar-refractivity contribution is 7.15. The van der Waals surface area contributed by atoms with Gasteiger partial charge in [-0.05, 0) is 47.0 Å². The number of hydrogen-bond acceptors (Lipinski definition) is 5. The molecule has 0 radical (unpaired) electrons. The second kappa shape index (κ2) is 8.64. The molecule has 2 heterocycles. The van der Waals surface area contributed by atoms with Gasteiger partial charge in [0, 0.05) is 37.0 Å². The molecule has 1 amide bonds. The number of piperidine rings is 1. The van der Waals surface area contributed by atoms with E-state index in [-0.39, 0.29) is 17.9 Å². The number of rotatable bonds is 7. The molecule has 23 heavy (non-hydrogen) atoms. The molecule has 1 aromatic heterocycles. The van der Waals surface area contributed by atoms with Crippen molar-refractivity contribution in [1.29, 1.82) is 0 Å². The quantitative estimate of drug-likeness (QED) is 0.776. The van der Waals surface area contributed by atoms with Crippen LogP contribution in [0.15, 0.2) is 0 Å². The van der Waals surface area contributed by atoms with Crippen LogP contribution in [-0.4, -0.2) is 43.2 Å². The van der Waals surface area contributed by atoms with E-state index >= 15 is 0 Å². The van der Waals surface area contributed by atoms with Crippen molar-refractivity contribution in [3.8, 4) is 0 Å². The van der Waals surface area contributed by atoms with Crippen LogP contribution in [-0.2, 0) is 9.53 Å². The Labute approximate surface area is 143 Å². The van der Waals surface area contributed by atoms with Gasteiger partial charge < -0.3 is 15.0 Å². The minimum atomic E-state index is 0.138. The standard InChI is InChI=1S/C17H29N3O2S/c1-12(2)22-11-5-8-18-16(21)15-6-9-20(10-7-15)17-19-13(3)14(4)23-17/h12,15H,5-11H2,1-4H3,(H,18,21). The Morgan fingerprint density at radius 3 is 2.65 bits per heavy atom. The van der Waals surface area contributed by atoms with Crippen molar-refractivity contribution in [2.24, 2.45) is 5.92 Å². The summed E-state index contributed by atoms with van der Waals surface area (Å²) in [5.74, 6) is 0.333. The zero-order valence-corrected chi connectivity index (χ0v) is 15.5. The number of anilines is 1. The van der Waals surface area contributed by atoms with E-state index in [1.165, 1.54) is 4.88 Å². The van der Waals surface area contributed by atoms with Gasteiger partial charge in [0.05, 0.1) is 11.8 Å². The first-order valence-corrected chi connectivity index (χ1v) is 9.37. The van der Waals surface area contributed by atoms with Crippen LogP contribution < -0.4 is 10.2 Å². The number of hydrogen-bond donors (Lipinski definition) is 1. The van der Waals surface area contributed by atoms with Crippen molar-refractivity contribution in [1.82, 2.24) is 10.3 Å². The third kappa shape index (κ3) is 5.46. The molecule has 0 atom stereocenters. The lowest BCUT2D eigenvalue weighted by Gasteiger charge is -2.31. The summed E-state index contributed by atoms with van der Waals surface area (Å²) in [6, 6.07) is 0. The molecule has 1 aliphatic rings. The van der Waals surface area contributed by atoms with E-state index in [0.717, 1.165) is 43.2 Å². The minimum Gasteiger partial charge on any atom is -0.379 e. The molecule has 1 saturated heterocycles. The molecule has 1 aromatic rings.